The lowest BCUT2D eigenvalue weighted by Gasteiger charge is -2.40. The first-order chi connectivity index (χ1) is 7.65. The van der Waals surface area contributed by atoms with E-state index < -0.39 is 0 Å². The smallest absolute Gasteiger partial charge is 0.0654 e. The highest BCUT2D eigenvalue weighted by molar-refractivity contribution is 5.33. The number of benzene rings is 1. The minimum absolute atomic E-state index is 0.253. The molecular formula is C14H21NO. The van der Waals surface area contributed by atoms with E-state index >= 15 is 0 Å². The topological polar surface area (TPSA) is 21.3 Å². The van der Waals surface area contributed by atoms with Gasteiger partial charge in [0.05, 0.1) is 12.6 Å². The summed E-state index contributed by atoms with van der Waals surface area (Å²) < 4.78 is 0. The predicted molar refractivity (Wildman–Crippen MR) is 66.0 cm³/mol. The van der Waals surface area contributed by atoms with Gasteiger partial charge >= 0.3 is 0 Å². The number of rotatable bonds is 3. The zero-order valence-electron chi connectivity index (χ0n) is 10.4. The Morgan fingerprint density at radius 1 is 1.38 bits per heavy atom. The van der Waals surface area contributed by atoms with E-state index in [4.69, 9.17) is 4.84 Å². The summed E-state index contributed by atoms with van der Waals surface area (Å²) >= 11 is 0. The van der Waals surface area contributed by atoms with Crippen molar-refractivity contribution in [2.24, 2.45) is 5.41 Å². The van der Waals surface area contributed by atoms with Crippen molar-refractivity contribution >= 4 is 0 Å². The van der Waals surface area contributed by atoms with Crippen molar-refractivity contribution in [1.29, 1.82) is 0 Å². The van der Waals surface area contributed by atoms with Gasteiger partial charge < -0.3 is 4.84 Å². The van der Waals surface area contributed by atoms with Crippen molar-refractivity contribution in [3.8, 4) is 0 Å². The lowest BCUT2D eigenvalue weighted by atomic mass is 9.71. The molecule has 0 saturated carbocycles. The Hall–Kier alpha value is -0.860. The van der Waals surface area contributed by atoms with E-state index in [1.807, 2.05) is 6.92 Å². The molecule has 0 saturated heterocycles. The molecule has 1 aliphatic rings. The van der Waals surface area contributed by atoms with Crippen molar-refractivity contribution in [1.82, 2.24) is 5.48 Å². The molecule has 0 heterocycles. The molecule has 88 valence electrons. The maximum Gasteiger partial charge on any atom is 0.0654 e. The zero-order chi connectivity index (χ0) is 11.6. The molecule has 0 spiro atoms. The Kier molecular flexibility index (Phi) is 3.31. The van der Waals surface area contributed by atoms with Crippen molar-refractivity contribution in [2.75, 3.05) is 6.61 Å². The molecule has 16 heavy (non-hydrogen) atoms. The first-order valence-corrected chi connectivity index (χ1v) is 6.10. The Labute approximate surface area is 98.0 Å². The number of hydrogen-bond acceptors (Lipinski definition) is 2. The van der Waals surface area contributed by atoms with Crippen LogP contribution in [-0.2, 0) is 11.3 Å². The van der Waals surface area contributed by atoms with Crippen LogP contribution in [0.3, 0.4) is 0 Å². The van der Waals surface area contributed by atoms with Gasteiger partial charge in [-0.1, -0.05) is 38.1 Å². The highest BCUT2D eigenvalue weighted by atomic mass is 16.6. The van der Waals surface area contributed by atoms with Crippen molar-refractivity contribution in [3.05, 3.63) is 35.4 Å². The molecule has 0 aliphatic heterocycles. The maximum absolute atomic E-state index is 5.42. The van der Waals surface area contributed by atoms with Crippen LogP contribution in [0.1, 0.15) is 44.4 Å². The monoisotopic (exact) mass is 219 g/mol. The van der Waals surface area contributed by atoms with Crippen molar-refractivity contribution in [3.63, 3.8) is 0 Å². The van der Waals surface area contributed by atoms with Crippen LogP contribution in [0.15, 0.2) is 24.3 Å². The Bertz CT molecular complexity index is 360. The van der Waals surface area contributed by atoms with Crippen molar-refractivity contribution in [2.45, 2.75) is 39.7 Å². The SMILES string of the molecule is CCONC1c2ccccc2CCC1(C)C. The van der Waals surface area contributed by atoms with E-state index in [1.165, 1.54) is 24.0 Å². The summed E-state index contributed by atoms with van der Waals surface area (Å²) in [7, 11) is 0. The summed E-state index contributed by atoms with van der Waals surface area (Å²) in [6.07, 6.45) is 2.38. The minimum atomic E-state index is 0.253. The highest BCUT2D eigenvalue weighted by Crippen LogP contribution is 2.43. The first-order valence-electron chi connectivity index (χ1n) is 6.10. The van der Waals surface area contributed by atoms with Gasteiger partial charge in [-0.2, -0.15) is 5.48 Å². The molecule has 0 radical (unpaired) electrons. The lowest BCUT2D eigenvalue weighted by molar-refractivity contribution is -0.0158. The van der Waals surface area contributed by atoms with E-state index in [9.17, 15) is 0 Å². The number of fused-ring (bicyclic) bond motifs is 1. The van der Waals surface area contributed by atoms with Crippen LogP contribution in [0.5, 0.6) is 0 Å². The fourth-order valence-electron chi connectivity index (χ4n) is 2.46. The van der Waals surface area contributed by atoms with Crippen LogP contribution < -0.4 is 5.48 Å². The lowest BCUT2D eigenvalue weighted by Crippen LogP contribution is -2.38. The second-order valence-corrected chi connectivity index (χ2v) is 5.17. The number of nitrogens with one attached hydrogen (secondary N) is 1. The average Bonchev–Trinajstić information content (AvgIpc) is 2.27. The fraction of sp³-hybridized carbons (Fsp3) is 0.571. The van der Waals surface area contributed by atoms with Crippen LogP contribution >= 0.6 is 0 Å². The minimum Gasteiger partial charge on any atom is -0.301 e. The Balaban J connectivity index is 2.30. The first kappa shape index (κ1) is 11.6. The molecule has 1 N–H and O–H groups in total. The number of hydrogen-bond donors (Lipinski definition) is 1. The third-order valence-corrected chi connectivity index (χ3v) is 3.53. The van der Waals surface area contributed by atoms with Gasteiger partial charge in [0, 0.05) is 0 Å². The van der Waals surface area contributed by atoms with E-state index in [-0.39, 0.29) is 5.41 Å². The molecule has 2 heteroatoms. The van der Waals surface area contributed by atoms with E-state index in [1.54, 1.807) is 0 Å². The van der Waals surface area contributed by atoms with Crippen LogP contribution in [0.2, 0.25) is 0 Å². The fourth-order valence-corrected chi connectivity index (χ4v) is 2.46. The van der Waals surface area contributed by atoms with Crippen LogP contribution in [0, 0.1) is 5.41 Å². The summed E-state index contributed by atoms with van der Waals surface area (Å²) in [6.45, 7) is 7.32. The van der Waals surface area contributed by atoms with Gasteiger partial charge in [-0.15, -0.1) is 0 Å². The third-order valence-electron chi connectivity index (χ3n) is 3.53. The molecule has 1 aliphatic carbocycles. The molecule has 1 aromatic rings. The standard InChI is InChI=1S/C14H21NO/c1-4-16-15-13-12-8-6-5-7-11(12)9-10-14(13,2)3/h5-8,13,15H,4,9-10H2,1-3H3. The summed E-state index contributed by atoms with van der Waals surface area (Å²) in [4.78, 5) is 5.42. The number of hydroxylamine groups is 1. The normalized spacial score (nSPS) is 22.8. The zero-order valence-corrected chi connectivity index (χ0v) is 10.4. The van der Waals surface area contributed by atoms with Crippen molar-refractivity contribution < 1.29 is 4.84 Å². The van der Waals surface area contributed by atoms with Gasteiger partial charge in [0.25, 0.3) is 0 Å². The van der Waals surface area contributed by atoms with Crippen LogP contribution in [0.25, 0.3) is 0 Å². The summed E-state index contributed by atoms with van der Waals surface area (Å²) in [5, 5.41) is 0. The highest BCUT2D eigenvalue weighted by Gasteiger charge is 2.35. The van der Waals surface area contributed by atoms with Gasteiger partial charge in [-0.05, 0) is 36.3 Å². The second kappa shape index (κ2) is 4.56. The summed E-state index contributed by atoms with van der Waals surface area (Å²) in [6, 6.07) is 8.98. The van der Waals surface area contributed by atoms with Crippen LogP contribution in [0.4, 0.5) is 0 Å². The third kappa shape index (κ3) is 2.13. The van der Waals surface area contributed by atoms with Gasteiger partial charge in [0.2, 0.25) is 0 Å². The molecule has 1 unspecified atom stereocenters. The molecule has 0 aromatic heterocycles. The number of aryl methyl sites for hydroxylation is 1. The molecule has 0 bridgehead atoms. The van der Waals surface area contributed by atoms with E-state index in [0.717, 1.165) is 0 Å². The average molecular weight is 219 g/mol. The Morgan fingerprint density at radius 3 is 2.88 bits per heavy atom. The molecule has 2 rings (SSSR count). The molecule has 0 fully saturated rings. The molecular weight excluding hydrogens is 198 g/mol. The van der Waals surface area contributed by atoms with E-state index in [2.05, 4.69) is 43.6 Å². The molecule has 1 aromatic carbocycles. The second-order valence-electron chi connectivity index (χ2n) is 5.17. The predicted octanol–water partition coefficient (Wildman–Crippen LogP) is 3.24. The van der Waals surface area contributed by atoms with Gasteiger partial charge in [0.1, 0.15) is 0 Å². The Morgan fingerprint density at radius 2 is 2.12 bits per heavy atom. The maximum atomic E-state index is 5.42. The van der Waals surface area contributed by atoms with Gasteiger partial charge in [-0.3, -0.25) is 0 Å². The quantitative estimate of drug-likeness (QED) is 0.788. The van der Waals surface area contributed by atoms with E-state index in [0.29, 0.717) is 12.6 Å². The van der Waals surface area contributed by atoms with Crippen LogP contribution in [-0.4, -0.2) is 6.61 Å². The summed E-state index contributed by atoms with van der Waals surface area (Å²) in [5.74, 6) is 0. The molecule has 1 atom stereocenters. The largest absolute Gasteiger partial charge is 0.301 e. The molecule has 2 nitrogen and oxygen atoms in total. The van der Waals surface area contributed by atoms with Gasteiger partial charge in [0.15, 0.2) is 0 Å². The molecule has 0 amide bonds. The summed E-state index contributed by atoms with van der Waals surface area (Å²) in [5.41, 5.74) is 6.32. The van der Waals surface area contributed by atoms with Gasteiger partial charge in [-0.25, -0.2) is 0 Å².